The SMILES string of the molecule is CCC(C)C[C@H]1CN(c2cc3nc[nH]c3cc2Cl)CCN1C1CCN(Cc2ccc(Cl)cc2F)CC1. The van der Waals surface area contributed by atoms with Crippen molar-refractivity contribution >= 4 is 39.9 Å². The molecule has 5 rings (SSSR count). The third kappa shape index (κ3) is 5.67. The minimum absolute atomic E-state index is 0.207. The van der Waals surface area contributed by atoms with Crippen LogP contribution < -0.4 is 4.90 Å². The Morgan fingerprint density at radius 2 is 1.92 bits per heavy atom. The Labute approximate surface area is 223 Å². The zero-order chi connectivity index (χ0) is 25.2. The second-order valence-electron chi connectivity index (χ2n) is 10.6. The highest BCUT2D eigenvalue weighted by Crippen LogP contribution is 2.34. The fraction of sp³-hybridized carbons (Fsp3) is 0.536. The van der Waals surface area contributed by atoms with Crippen LogP contribution in [-0.4, -0.2) is 64.6 Å². The largest absolute Gasteiger partial charge is 0.367 e. The fourth-order valence-corrected chi connectivity index (χ4v) is 6.34. The predicted octanol–water partition coefficient (Wildman–Crippen LogP) is 6.60. The van der Waals surface area contributed by atoms with E-state index in [1.807, 2.05) is 12.1 Å². The molecule has 2 aliphatic rings. The van der Waals surface area contributed by atoms with Crippen LogP contribution in [0.4, 0.5) is 10.1 Å². The number of imidazole rings is 1. The summed E-state index contributed by atoms with van der Waals surface area (Å²) in [4.78, 5) is 15.2. The van der Waals surface area contributed by atoms with Gasteiger partial charge in [0.05, 0.1) is 28.1 Å². The van der Waals surface area contributed by atoms with Crippen molar-refractivity contribution < 1.29 is 4.39 Å². The summed E-state index contributed by atoms with van der Waals surface area (Å²) in [5.74, 6) is 0.468. The van der Waals surface area contributed by atoms with Crippen molar-refractivity contribution in [2.24, 2.45) is 5.92 Å². The third-order valence-electron chi connectivity index (χ3n) is 8.16. The van der Waals surface area contributed by atoms with Crippen LogP contribution in [0.1, 0.15) is 45.1 Å². The number of nitrogens with one attached hydrogen (secondary N) is 1. The molecular formula is C28H36Cl2FN5. The molecule has 0 radical (unpaired) electrons. The van der Waals surface area contributed by atoms with E-state index in [1.54, 1.807) is 12.4 Å². The standard InChI is InChI=1S/C28H36Cl2FN5/c1-3-19(2)12-23-17-35(28-15-27-26(14-24(28)30)32-18-33-27)10-11-36(23)22-6-8-34(9-7-22)16-20-4-5-21(29)13-25(20)31/h4-5,13-15,18-19,22-23H,3,6-12,16-17H2,1-2H3,(H,32,33)/t19?,23-/m0/s1. The lowest BCUT2D eigenvalue weighted by molar-refractivity contribution is 0.0532. The average molecular weight is 533 g/mol. The van der Waals surface area contributed by atoms with Crippen LogP contribution in [0.5, 0.6) is 0 Å². The monoisotopic (exact) mass is 531 g/mol. The number of piperidine rings is 1. The molecule has 5 nitrogen and oxygen atoms in total. The molecule has 0 amide bonds. The molecule has 3 aromatic rings. The second kappa shape index (κ2) is 11.3. The minimum atomic E-state index is -0.207. The minimum Gasteiger partial charge on any atom is -0.367 e. The number of nitrogens with zero attached hydrogens (tertiary/aromatic N) is 4. The molecule has 8 heteroatoms. The molecule has 3 heterocycles. The highest BCUT2D eigenvalue weighted by Gasteiger charge is 2.35. The third-order valence-corrected chi connectivity index (χ3v) is 8.70. The van der Waals surface area contributed by atoms with E-state index in [0.29, 0.717) is 29.6 Å². The van der Waals surface area contributed by atoms with Gasteiger partial charge in [-0.3, -0.25) is 9.80 Å². The number of H-pyrrole nitrogens is 1. The summed E-state index contributed by atoms with van der Waals surface area (Å²) >= 11 is 12.6. The molecule has 1 unspecified atom stereocenters. The molecule has 194 valence electrons. The van der Waals surface area contributed by atoms with Crippen LogP contribution in [0.15, 0.2) is 36.7 Å². The van der Waals surface area contributed by atoms with Crippen LogP contribution in [0.25, 0.3) is 11.0 Å². The van der Waals surface area contributed by atoms with Gasteiger partial charge in [-0.15, -0.1) is 0 Å². The first-order valence-corrected chi connectivity index (χ1v) is 14.0. The molecule has 0 saturated carbocycles. The van der Waals surface area contributed by atoms with E-state index in [4.69, 9.17) is 23.2 Å². The maximum Gasteiger partial charge on any atom is 0.129 e. The van der Waals surface area contributed by atoms with Crippen molar-refractivity contribution in [1.29, 1.82) is 0 Å². The van der Waals surface area contributed by atoms with Crippen molar-refractivity contribution in [3.05, 3.63) is 58.1 Å². The van der Waals surface area contributed by atoms with E-state index < -0.39 is 0 Å². The fourth-order valence-electron chi connectivity index (χ4n) is 5.90. The van der Waals surface area contributed by atoms with Gasteiger partial charge in [-0.25, -0.2) is 9.37 Å². The molecule has 0 bridgehead atoms. The van der Waals surface area contributed by atoms with Gasteiger partial charge in [0.1, 0.15) is 5.82 Å². The van der Waals surface area contributed by atoms with Gasteiger partial charge < -0.3 is 9.88 Å². The number of hydrogen-bond acceptors (Lipinski definition) is 4. The number of benzene rings is 2. The zero-order valence-corrected chi connectivity index (χ0v) is 22.7. The Hall–Kier alpha value is -1.86. The van der Waals surface area contributed by atoms with Gasteiger partial charge in [0.25, 0.3) is 0 Å². The van der Waals surface area contributed by atoms with E-state index in [2.05, 4.69) is 44.6 Å². The number of rotatable bonds is 7. The molecule has 0 aliphatic carbocycles. The lowest BCUT2D eigenvalue weighted by atomic mass is 9.92. The normalized spacial score (nSPS) is 21.4. The number of aromatic amines is 1. The van der Waals surface area contributed by atoms with Crippen molar-refractivity contribution in [2.45, 2.75) is 58.2 Å². The molecule has 2 aromatic carbocycles. The quantitative estimate of drug-likeness (QED) is 0.372. The molecule has 1 N–H and O–H groups in total. The van der Waals surface area contributed by atoms with E-state index in [9.17, 15) is 4.39 Å². The molecule has 2 aliphatic heterocycles. The highest BCUT2D eigenvalue weighted by molar-refractivity contribution is 6.34. The lowest BCUT2D eigenvalue weighted by Gasteiger charge is -2.49. The molecular weight excluding hydrogens is 496 g/mol. The molecule has 2 saturated heterocycles. The molecule has 1 aromatic heterocycles. The van der Waals surface area contributed by atoms with Gasteiger partial charge >= 0.3 is 0 Å². The summed E-state index contributed by atoms with van der Waals surface area (Å²) in [6.07, 6.45) is 6.33. The first-order chi connectivity index (χ1) is 17.4. The number of anilines is 1. The predicted molar refractivity (Wildman–Crippen MR) is 148 cm³/mol. The van der Waals surface area contributed by atoms with Gasteiger partial charge in [0, 0.05) is 48.8 Å². The van der Waals surface area contributed by atoms with Gasteiger partial charge in [-0.2, -0.15) is 0 Å². The Kier molecular flexibility index (Phi) is 8.06. The van der Waals surface area contributed by atoms with Gasteiger partial charge in [-0.1, -0.05) is 49.5 Å². The van der Waals surface area contributed by atoms with Crippen molar-refractivity contribution in [3.63, 3.8) is 0 Å². The summed E-state index contributed by atoms with van der Waals surface area (Å²) in [7, 11) is 0. The summed E-state index contributed by atoms with van der Waals surface area (Å²) < 4.78 is 14.3. The Morgan fingerprint density at radius 3 is 2.67 bits per heavy atom. The molecule has 0 spiro atoms. The number of fused-ring (bicyclic) bond motifs is 1. The van der Waals surface area contributed by atoms with Gasteiger partial charge in [0.2, 0.25) is 0 Å². The topological polar surface area (TPSA) is 38.4 Å². The van der Waals surface area contributed by atoms with Crippen molar-refractivity contribution in [1.82, 2.24) is 19.8 Å². The Morgan fingerprint density at radius 1 is 1.11 bits per heavy atom. The first-order valence-electron chi connectivity index (χ1n) is 13.2. The summed E-state index contributed by atoms with van der Waals surface area (Å²) in [5.41, 5.74) is 3.75. The van der Waals surface area contributed by atoms with E-state index in [-0.39, 0.29) is 5.82 Å². The van der Waals surface area contributed by atoms with Crippen LogP contribution in [0.2, 0.25) is 10.0 Å². The van der Waals surface area contributed by atoms with Crippen molar-refractivity contribution in [2.75, 3.05) is 37.6 Å². The van der Waals surface area contributed by atoms with Crippen LogP contribution in [0, 0.1) is 11.7 Å². The maximum absolute atomic E-state index is 14.3. The maximum atomic E-state index is 14.3. The molecule has 2 atom stereocenters. The summed E-state index contributed by atoms with van der Waals surface area (Å²) in [6.45, 7) is 10.3. The van der Waals surface area contributed by atoms with Gasteiger partial charge in [0.15, 0.2) is 0 Å². The number of hydrogen-bond donors (Lipinski definition) is 1. The van der Waals surface area contributed by atoms with E-state index in [0.717, 1.165) is 72.9 Å². The second-order valence-corrected chi connectivity index (χ2v) is 11.4. The van der Waals surface area contributed by atoms with Crippen molar-refractivity contribution in [3.8, 4) is 0 Å². The van der Waals surface area contributed by atoms with E-state index in [1.165, 1.54) is 18.9 Å². The molecule has 36 heavy (non-hydrogen) atoms. The number of halogens is 3. The lowest BCUT2D eigenvalue weighted by Crippen LogP contribution is -2.59. The first kappa shape index (κ1) is 25.8. The summed E-state index contributed by atoms with van der Waals surface area (Å²) in [5, 5.41) is 1.23. The zero-order valence-electron chi connectivity index (χ0n) is 21.2. The average Bonchev–Trinajstić information content (AvgIpc) is 3.33. The number of likely N-dealkylation sites (tertiary alicyclic amines) is 1. The number of piperazine rings is 1. The highest BCUT2D eigenvalue weighted by atomic mass is 35.5. The Bertz CT molecular complexity index is 1180. The smallest absolute Gasteiger partial charge is 0.129 e. The van der Waals surface area contributed by atoms with Crippen LogP contribution >= 0.6 is 23.2 Å². The molecule has 2 fully saturated rings. The summed E-state index contributed by atoms with van der Waals surface area (Å²) in [6, 6.07) is 10.2. The van der Waals surface area contributed by atoms with Crippen LogP contribution in [0.3, 0.4) is 0 Å². The Balaban J connectivity index is 1.25. The van der Waals surface area contributed by atoms with Crippen LogP contribution in [-0.2, 0) is 6.54 Å². The van der Waals surface area contributed by atoms with E-state index >= 15 is 0 Å². The number of aromatic nitrogens is 2. The van der Waals surface area contributed by atoms with Gasteiger partial charge in [-0.05, 0) is 62.5 Å².